The molecule has 0 N–H and O–H groups in total. The van der Waals surface area contributed by atoms with Crippen molar-refractivity contribution in [3.8, 4) is 22.3 Å². The molecule has 2 heteroatoms. The zero-order chi connectivity index (χ0) is 28.3. The monoisotopic (exact) mass is 519 g/mol. The Morgan fingerprint density at radius 3 is 1.97 bits per heavy atom. The topological polar surface area (TPSA) is 3.24 Å². The molecule has 1 aliphatic rings. The summed E-state index contributed by atoms with van der Waals surface area (Å²) in [7, 11) is 0. The summed E-state index contributed by atoms with van der Waals surface area (Å²) in [5, 5.41) is 0. The first kappa shape index (κ1) is 27.2. The van der Waals surface area contributed by atoms with Crippen molar-refractivity contribution < 1.29 is 4.39 Å². The summed E-state index contributed by atoms with van der Waals surface area (Å²) in [6.45, 7) is 20.3. The van der Waals surface area contributed by atoms with Gasteiger partial charge in [0, 0.05) is 22.3 Å². The lowest BCUT2D eigenvalue weighted by molar-refractivity contribution is 0.410. The van der Waals surface area contributed by atoms with Gasteiger partial charge in [0.05, 0.1) is 0 Å². The Morgan fingerprint density at radius 1 is 0.692 bits per heavy atom. The third-order valence-electron chi connectivity index (χ3n) is 8.04. The molecule has 0 saturated heterocycles. The number of halogens is 1. The molecule has 4 aromatic carbocycles. The normalized spacial score (nSPS) is 14.2. The molecule has 0 unspecified atom stereocenters. The van der Waals surface area contributed by atoms with Gasteiger partial charge in [-0.3, -0.25) is 0 Å². The van der Waals surface area contributed by atoms with E-state index < -0.39 is 0 Å². The lowest BCUT2D eigenvalue weighted by atomic mass is 9.81. The van der Waals surface area contributed by atoms with Crippen molar-refractivity contribution in [2.24, 2.45) is 5.41 Å². The Labute approximate surface area is 234 Å². The maximum atomic E-state index is 15.6. The smallest absolute Gasteiger partial charge is 0.125 e. The molecule has 0 atom stereocenters. The Morgan fingerprint density at radius 2 is 1.33 bits per heavy atom. The first-order chi connectivity index (χ1) is 18.2. The third kappa shape index (κ3) is 4.91. The molecule has 0 spiro atoms. The van der Waals surface area contributed by atoms with Crippen LogP contribution in [0.3, 0.4) is 0 Å². The quantitative estimate of drug-likeness (QED) is 0.259. The summed E-state index contributed by atoms with van der Waals surface area (Å²) in [6, 6.07) is 27.2. The summed E-state index contributed by atoms with van der Waals surface area (Å²) < 4.78 is 15.6. The number of anilines is 2. The van der Waals surface area contributed by atoms with E-state index in [1.54, 1.807) is 12.1 Å². The highest BCUT2D eigenvalue weighted by Gasteiger charge is 2.37. The molecule has 0 radical (unpaired) electrons. The fourth-order valence-electron chi connectivity index (χ4n) is 6.35. The lowest BCUT2D eigenvalue weighted by Gasteiger charge is -2.41. The maximum absolute atomic E-state index is 15.6. The van der Waals surface area contributed by atoms with Gasteiger partial charge in [0.1, 0.15) is 5.82 Å². The van der Waals surface area contributed by atoms with Crippen LogP contribution in [0.5, 0.6) is 0 Å². The van der Waals surface area contributed by atoms with Gasteiger partial charge in [-0.15, -0.1) is 0 Å². The minimum Gasteiger partial charge on any atom is -0.336 e. The number of aryl methyl sites for hydroxylation is 1. The summed E-state index contributed by atoms with van der Waals surface area (Å²) in [5.74, 6) is -0.207. The molecule has 0 saturated carbocycles. The van der Waals surface area contributed by atoms with E-state index in [1.807, 2.05) is 18.2 Å². The minimum atomic E-state index is -0.291. The number of nitrogens with zero attached hydrogens (tertiary/aromatic N) is 1. The Balaban J connectivity index is 1.81. The van der Waals surface area contributed by atoms with E-state index in [4.69, 9.17) is 0 Å². The second kappa shape index (κ2) is 9.37. The average Bonchev–Trinajstić information content (AvgIpc) is 3.06. The zero-order valence-corrected chi connectivity index (χ0v) is 25.0. The van der Waals surface area contributed by atoms with Gasteiger partial charge in [-0.05, 0) is 102 Å². The Hall–Kier alpha value is -3.39. The van der Waals surface area contributed by atoms with Crippen molar-refractivity contribution in [1.82, 2.24) is 0 Å². The van der Waals surface area contributed by atoms with Crippen LogP contribution in [-0.2, 0) is 11.8 Å². The highest BCUT2D eigenvalue weighted by molar-refractivity contribution is 5.87. The lowest BCUT2D eigenvalue weighted by Crippen LogP contribution is -2.39. The second-order valence-corrected chi connectivity index (χ2v) is 13.9. The van der Waals surface area contributed by atoms with Crippen LogP contribution in [0.15, 0.2) is 78.9 Å². The van der Waals surface area contributed by atoms with Crippen LogP contribution in [0, 0.1) is 18.2 Å². The van der Waals surface area contributed by atoms with E-state index in [2.05, 4.69) is 116 Å². The first-order valence-electron chi connectivity index (χ1n) is 14.1. The molecule has 0 aromatic heterocycles. The van der Waals surface area contributed by atoms with Crippen molar-refractivity contribution in [3.05, 3.63) is 107 Å². The van der Waals surface area contributed by atoms with E-state index in [0.717, 1.165) is 28.9 Å². The molecule has 5 rings (SSSR count). The molecule has 39 heavy (non-hydrogen) atoms. The summed E-state index contributed by atoms with van der Waals surface area (Å²) in [4.78, 5) is 2.38. The van der Waals surface area contributed by atoms with Gasteiger partial charge in [-0.25, -0.2) is 4.39 Å². The summed E-state index contributed by atoms with van der Waals surface area (Å²) in [5.41, 5.74) is 11.5. The molecule has 0 amide bonds. The fourth-order valence-corrected chi connectivity index (χ4v) is 6.35. The highest BCUT2D eigenvalue weighted by Crippen LogP contribution is 2.52. The van der Waals surface area contributed by atoms with Gasteiger partial charge >= 0.3 is 0 Å². The van der Waals surface area contributed by atoms with E-state index in [-0.39, 0.29) is 22.2 Å². The van der Waals surface area contributed by atoms with Gasteiger partial charge in [-0.1, -0.05) is 95.3 Å². The number of benzene rings is 4. The molecule has 1 aliphatic carbocycles. The summed E-state index contributed by atoms with van der Waals surface area (Å²) >= 11 is 0. The molecule has 0 heterocycles. The van der Waals surface area contributed by atoms with Crippen molar-refractivity contribution >= 4 is 11.4 Å². The van der Waals surface area contributed by atoms with Crippen LogP contribution in [-0.4, -0.2) is 5.54 Å². The van der Waals surface area contributed by atoms with Gasteiger partial charge in [0.15, 0.2) is 0 Å². The molecular formula is C37H42FN. The van der Waals surface area contributed by atoms with Crippen molar-refractivity contribution in [1.29, 1.82) is 0 Å². The molecule has 0 bridgehead atoms. The van der Waals surface area contributed by atoms with Crippen molar-refractivity contribution in [3.63, 3.8) is 0 Å². The molecule has 0 aliphatic heterocycles. The molecule has 4 aromatic rings. The van der Waals surface area contributed by atoms with Crippen molar-refractivity contribution in [2.45, 2.75) is 79.7 Å². The Kier molecular flexibility index (Phi) is 6.53. The Bertz CT molecular complexity index is 1530. The van der Waals surface area contributed by atoms with Gasteiger partial charge in [-0.2, -0.15) is 0 Å². The first-order valence-corrected chi connectivity index (χ1v) is 14.1. The predicted molar refractivity (Wildman–Crippen MR) is 166 cm³/mol. The number of hydrogen-bond donors (Lipinski definition) is 0. The van der Waals surface area contributed by atoms with Crippen LogP contribution in [0.4, 0.5) is 15.8 Å². The van der Waals surface area contributed by atoms with E-state index in [9.17, 15) is 0 Å². The average molecular weight is 520 g/mol. The molecule has 1 nitrogen and oxygen atoms in total. The van der Waals surface area contributed by atoms with Crippen LogP contribution in [0.1, 0.15) is 77.6 Å². The van der Waals surface area contributed by atoms with Crippen molar-refractivity contribution in [2.75, 3.05) is 4.90 Å². The van der Waals surface area contributed by atoms with E-state index in [1.165, 1.54) is 33.4 Å². The molecular weight excluding hydrogens is 477 g/mol. The fraction of sp³-hybridized carbons (Fsp3) is 0.351. The van der Waals surface area contributed by atoms with Gasteiger partial charge in [0.2, 0.25) is 0 Å². The van der Waals surface area contributed by atoms with E-state index in [0.29, 0.717) is 0 Å². The molecule has 202 valence electrons. The van der Waals surface area contributed by atoms with Crippen LogP contribution >= 0.6 is 0 Å². The third-order valence-corrected chi connectivity index (χ3v) is 8.04. The number of rotatable bonds is 4. The number of fused-ring (bicyclic) bond motifs is 3. The second-order valence-electron chi connectivity index (χ2n) is 13.9. The van der Waals surface area contributed by atoms with Crippen LogP contribution < -0.4 is 4.90 Å². The highest BCUT2D eigenvalue weighted by atomic mass is 19.1. The van der Waals surface area contributed by atoms with Crippen LogP contribution in [0.2, 0.25) is 0 Å². The van der Waals surface area contributed by atoms with E-state index >= 15 is 4.39 Å². The van der Waals surface area contributed by atoms with Crippen LogP contribution in [0.25, 0.3) is 22.3 Å². The maximum Gasteiger partial charge on any atom is 0.125 e. The van der Waals surface area contributed by atoms with Gasteiger partial charge < -0.3 is 4.90 Å². The zero-order valence-electron chi connectivity index (χ0n) is 25.0. The summed E-state index contributed by atoms with van der Waals surface area (Å²) in [6.07, 6.45) is 0.833. The molecule has 0 fully saturated rings. The minimum absolute atomic E-state index is 0.0234. The largest absolute Gasteiger partial charge is 0.336 e. The SMILES string of the molecule is Cc1cc2c(cc1N(c1cc(F)cc(-c3ccccc3)c1CC(C)(C)C)C(C)(C)C)-c1ccccc1C2(C)C. The predicted octanol–water partition coefficient (Wildman–Crippen LogP) is 10.6. The van der Waals surface area contributed by atoms with Gasteiger partial charge in [0.25, 0.3) is 0 Å². The number of hydrogen-bond acceptors (Lipinski definition) is 1. The standard InChI is InChI=1S/C37H42FN/c1-24-19-32-29(27-17-13-14-18-31(27)37(32,8)9)22-33(24)39(36(5,6)7)34-21-26(38)20-28(25-15-11-10-12-16-25)30(34)23-35(2,3)4/h10-22H,23H2,1-9H3.